The number of thiazole rings is 1. The third-order valence-corrected chi connectivity index (χ3v) is 4.87. The second kappa shape index (κ2) is 5.97. The summed E-state index contributed by atoms with van der Waals surface area (Å²) in [4.78, 5) is 17.5. The molecule has 5 nitrogen and oxygen atoms in total. The fourth-order valence-corrected chi connectivity index (χ4v) is 3.53. The lowest BCUT2D eigenvalue weighted by Gasteiger charge is -2.10. The Morgan fingerprint density at radius 2 is 2.33 bits per heavy atom. The Morgan fingerprint density at radius 3 is 3.00 bits per heavy atom. The molecular weight excluding hydrogens is 328 g/mol. The number of nitrogens with zero attached hydrogens (tertiary/aromatic N) is 3. The first-order valence-electron chi connectivity index (χ1n) is 6.15. The molecule has 1 unspecified atom stereocenters. The van der Waals surface area contributed by atoms with E-state index in [1.54, 1.807) is 30.1 Å². The standard InChI is InChI=1S/C13H11ClN4OS2/c1-8(18-6-2-5-15-18)12(19)17-13-16-9(7-20-13)10-3-4-11(14)21-10/h2-8H,1H3,(H,16,17,19). The van der Waals surface area contributed by atoms with Gasteiger partial charge in [0.1, 0.15) is 6.04 Å². The van der Waals surface area contributed by atoms with Crippen molar-refractivity contribution in [3.63, 3.8) is 0 Å². The van der Waals surface area contributed by atoms with E-state index < -0.39 is 0 Å². The molecule has 0 saturated heterocycles. The van der Waals surface area contributed by atoms with Gasteiger partial charge in [-0.15, -0.1) is 22.7 Å². The van der Waals surface area contributed by atoms with Crippen molar-refractivity contribution in [2.45, 2.75) is 13.0 Å². The smallest absolute Gasteiger partial charge is 0.250 e. The Kier molecular flexibility index (Phi) is 4.05. The van der Waals surface area contributed by atoms with Crippen molar-refractivity contribution in [2.24, 2.45) is 0 Å². The molecule has 3 heterocycles. The lowest BCUT2D eigenvalue weighted by Crippen LogP contribution is -2.23. The van der Waals surface area contributed by atoms with Gasteiger partial charge in [0.2, 0.25) is 0 Å². The van der Waals surface area contributed by atoms with Crippen molar-refractivity contribution >= 4 is 45.3 Å². The van der Waals surface area contributed by atoms with Crippen LogP contribution in [0.3, 0.4) is 0 Å². The van der Waals surface area contributed by atoms with Crippen molar-refractivity contribution in [2.75, 3.05) is 5.32 Å². The normalized spacial score (nSPS) is 12.3. The summed E-state index contributed by atoms with van der Waals surface area (Å²) < 4.78 is 2.32. The van der Waals surface area contributed by atoms with Gasteiger partial charge < -0.3 is 5.32 Å². The number of hydrogen-bond donors (Lipinski definition) is 1. The first-order chi connectivity index (χ1) is 10.1. The third-order valence-electron chi connectivity index (χ3n) is 2.86. The van der Waals surface area contributed by atoms with E-state index >= 15 is 0 Å². The van der Waals surface area contributed by atoms with E-state index in [1.165, 1.54) is 22.7 Å². The minimum absolute atomic E-state index is 0.149. The summed E-state index contributed by atoms with van der Waals surface area (Å²) >= 11 is 8.76. The van der Waals surface area contributed by atoms with Crippen LogP contribution < -0.4 is 5.32 Å². The van der Waals surface area contributed by atoms with Crippen molar-refractivity contribution < 1.29 is 4.79 Å². The molecule has 0 aliphatic rings. The Bertz CT molecular complexity index is 750. The summed E-state index contributed by atoms with van der Waals surface area (Å²) in [5.74, 6) is -0.149. The van der Waals surface area contributed by atoms with Crippen molar-refractivity contribution in [3.8, 4) is 10.6 Å². The van der Waals surface area contributed by atoms with Gasteiger partial charge in [0.15, 0.2) is 5.13 Å². The van der Waals surface area contributed by atoms with Crippen LogP contribution >= 0.6 is 34.3 Å². The highest BCUT2D eigenvalue weighted by Gasteiger charge is 2.17. The number of anilines is 1. The van der Waals surface area contributed by atoms with Gasteiger partial charge in [-0.3, -0.25) is 9.48 Å². The van der Waals surface area contributed by atoms with Crippen molar-refractivity contribution in [1.29, 1.82) is 0 Å². The molecule has 0 bridgehead atoms. The monoisotopic (exact) mass is 338 g/mol. The molecular formula is C13H11ClN4OS2. The van der Waals surface area contributed by atoms with E-state index in [0.29, 0.717) is 5.13 Å². The lowest BCUT2D eigenvalue weighted by molar-refractivity contribution is -0.119. The fraction of sp³-hybridized carbons (Fsp3) is 0.154. The summed E-state index contributed by atoms with van der Waals surface area (Å²) in [5.41, 5.74) is 0.818. The van der Waals surface area contributed by atoms with E-state index in [2.05, 4.69) is 15.4 Å². The molecule has 0 fully saturated rings. The Morgan fingerprint density at radius 1 is 1.48 bits per heavy atom. The SMILES string of the molecule is CC(C(=O)Nc1nc(-c2ccc(Cl)s2)cs1)n1cccn1. The number of thiophene rings is 1. The largest absolute Gasteiger partial charge is 0.300 e. The van der Waals surface area contributed by atoms with Crippen LogP contribution in [0.5, 0.6) is 0 Å². The molecule has 0 saturated carbocycles. The van der Waals surface area contributed by atoms with Gasteiger partial charge in [-0.1, -0.05) is 11.6 Å². The Hall–Kier alpha value is -1.70. The number of aromatic nitrogens is 3. The van der Waals surface area contributed by atoms with Crippen LogP contribution in [-0.4, -0.2) is 20.7 Å². The summed E-state index contributed by atoms with van der Waals surface area (Å²) in [5, 5.41) is 9.33. The minimum Gasteiger partial charge on any atom is -0.300 e. The number of halogens is 1. The number of carbonyl (C=O) groups is 1. The second-order valence-corrected chi connectivity index (χ2v) is 6.87. The number of carbonyl (C=O) groups excluding carboxylic acids is 1. The molecule has 3 aromatic rings. The summed E-state index contributed by atoms with van der Waals surface area (Å²) in [6.07, 6.45) is 3.40. The predicted molar refractivity (Wildman–Crippen MR) is 86.0 cm³/mol. The quantitative estimate of drug-likeness (QED) is 0.784. The molecule has 0 aliphatic heterocycles. The summed E-state index contributed by atoms with van der Waals surface area (Å²) in [6.45, 7) is 1.79. The maximum atomic E-state index is 12.1. The molecule has 3 aromatic heterocycles. The Labute approximate surface area is 134 Å². The van der Waals surface area contributed by atoms with Gasteiger partial charge in [-0.05, 0) is 25.1 Å². The van der Waals surface area contributed by atoms with Gasteiger partial charge in [0.05, 0.1) is 14.9 Å². The van der Waals surface area contributed by atoms with E-state index in [4.69, 9.17) is 11.6 Å². The molecule has 8 heteroatoms. The topological polar surface area (TPSA) is 59.8 Å². The summed E-state index contributed by atoms with van der Waals surface area (Å²) in [7, 11) is 0. The average Bonchev–Trinajstić information content (AvgIpc) is 3.17. The van der Waals surface area contributed by atoms with Crippen LogP contribution in [0.25, 0.3) is 10.6 Å². The second-order valence-electron chi connectivity index (χ2n) is 4.29. The van der Waals surface area contributed by atoms with Crippen molar-refractivity contribution in [1.82, 2.24) is 14.8 Å². The molecule has 21 heavy (non-hydrogen) atoms. The number of hydrogen-bond acceptors (Lipinski definition) is 5. The van der Waals surface area contributed by atoms with Gasteiger partial charge in [-0.25, -0.2) is 4.98 Å². The minimum atomic E-state index is -0.386. The molecule has 1 atom stereocenters. The van der Waals surface area contributed by atoms with E-state index in [1.807, 2.05) is 17.5 Å². The molecule has 0 aromatic carbocycles. The van der Waals surface area contributed by atoms with E-state index in [0.717, 1.165) is 14.9 Å². The number of nitrogens with one attached hydrogen (secondary N) is 1. The molecule has 3 rings (SSSR count). The van der Waals surface area contributed by atoms with Crippen LogP contribution in [0.4, 0.5) is 5.13 Å². The zero-order valence-corrected chi connectivity index (χ0v) is 13.4. The highest BCUT2D eigenvalue weighted by atomic mass is 35.5. The van der Waals surface area contributed by atoms with Crippen LogP contribution in [0, 0.1) is 0 Å². The fourth-order valence-electron chi connectivity index (χ4n) is 1.74. The summed E-state index contributed by atoms with van der Waals surface area (Å²) in [6, 6.07) is 5.15. The number of amides is 1. The van der Waals surface area contributed by atoms with Crippen molar-refractivity contribution in [3.05, 3.63) is 40.3 Å². The van der Waals surface area contributed by atoms with Crippen LogP contribution in [-0.2, 0) is 4.79 Å². The van der Waals surface area contributed by atoms with Gasteiger partial charge in [0, 0.05) is 17.8 Å². The average molecular weight is 339 g/mol. The molecule has 0 radical (unpaired) electrons. The molecule has 1 N–H and O–H groups in total. The van der Waals surface area contributed by atoms with Crippen LogP contribution in [0.15, 0.2) is 36.0 Å². The maximum Gasteiger partial charge on any atom is 0.250 e. The molecule has 0 aliphatic carbocycles. The van der Waals surface area contributed by atoms with Gasteiger partial charge in [0.25, 0.3) is 5.91 Å². The first kappa shape index (κ1) is 14.2. The van der Waals surface area contributed by atoms with E-state index in [-0.39, 0.29) is 11.9 Å². The van der Waals surface area contributed by atoms with Crippen LogP contribution in [0.1, 0.15) is 13.0 Å². The molecule has 1 amide bonds. The number of rotatable bonds is 4. The lowest BCUT2D eigenvalue weighted by atomic mass is 10.3. The predicted octanol–water partition coefficient (Wildman–Crippen LogP) is 3.92. The third kappa shape index (κ3) is 3.15. The highest BCUT2D eigenvalue weighted by Crippen LogP contribution is 2.32. The zero-order valence-electron chi connectivity index (χ0n) is 11.0. The van der Waals surface area contributed by atoms with Gasteiger partial charge in [-0.2, -0.15) is 5.10 Å². The molecule has 0 spiro atoms. The maximum absolute atomic E-state index is 12.1. The van der Waals surface area contributed by atoms with Gasteiger partial charge >= 0.3 is 0 Å². The molecule has 108 valence electrons. The first-order valence-corrected chi connectivity index (χ1v) is 8.22. The van der Waals surface area contributed by atoms with Crippen LogP contribution in [0.2, 0.25) is 4.34 Å². The Balaban J connectivity index is 1.71. The zero-order chi connectivity index (χ0) is 14.8. The highest BCUT2D eigenvalue weighted by molar-refractivity contribution is 7.20. The van der Waals surface area contributed by atoms with E-state index in [9.17, 15) is 4.79 Å².